The maximum atomic E-state index is 5.43. The molecule has 0 bridgehead atoms. The van der Waals surface area contributed by atoms with E-state index in [4.69, 9.17) is 18.0 Å². The molecule has 0 aliphatic heterocycles. The minimum absolute atomic E-state index is 0.277. The van der Waals surface area contributed by atoms with Gasteiger partial charge in [-0.2, -0.15) is 11.8 Å². The molecular weight excluding hydrogens is 240 g/mol. The van der Waals surface area contributed by atoms with Gasteiger partial charge in [-0.3, -0.25) is 0 Å². The van der Waals surface area contributed by atoms with Gasteiger partial charge in [0.05, 0.1) is 12.4 Å². The van der Waals surface area contributed by atoms with Crippen molar-refractivity contribution in [2.24, 2.45) is 5.73 Å². The van der Waals surface area contributed by atoms with Crippen LogP contribution in [0.25, 0.3) is 0 Å². The SMILES string of the molecule is CSCCCCNc1cnc(C(N)=S)cn1. The van der Waals surface area contributed by atoms with Gasteiger partial charge < -0.3 is 11.1 Å². The Morgan fingerprint density at radius 1 is 1.44 bits per heavy atom. The highest BCUT2D eigenvalue weighted by molar-refractivity contribution is 7.98. The topological polar surface area (TPSA) is 63.8 Å². The van der Waals surface area contributed by atoms with Crippen molar-refractivity contribution in [2.45, 2.75) is 12.8 Å². The first-order valence-electron chi connectivity index (χ1n) is 5.08. The first-order valence-corrected chi connectivity index (χ1v) is 6.89. The summed E-state index contributed by atoms with van der Waals surface area (Å²) in [6, 6.07) is 0. The number of thiocarbonyl (C=S) groups is 1. The summed E-state index contributed by atoms with van der Waals surface area (Å²) in [5.74, 6) is 1.97. The van der Waals surface area contributed by atoms with E-state index >= 15 is 0 Å². The van der Waals surface area contributed by atoms with Crippen LogP contribution in [-0.4, -0.2) is 33.5 Å². The number of aromatic nitrogens is 2. The van der Waals surface area contributed by atoms with Crippen LogP contribution in [0.5, 0.6) is 0 Å². The molecule has 88 valence electrons. The Morgan fingerprint density at radius 2 is 2.25 bits per heavy atom. The van der Waals surface area contributed by atoms with Crippen LogP contribution in [0, 0.1) is 0 Å². The average Bonchev–Trinajstić information content (AvgIpc) is 2.29. The lowest BCUT2D eigenvalue weighted by Gasteiger charge is -2.05. The molecule has 3 N–H and O–H groups in total. The lowest BCUT2D eigenvalue weighted by molar-refractivity contribution is 0.838. The first kappa shape index (κ1) is 13.2. The quantitative estimate of drug-likeness (QED) is 0.571. The van der Waals surface area contributed by atoms with Gasteiger partial charge in [0.25, 0.3) is 0 Å². The minimum atomic E-state index is 0.277. The Morgan fingerprint density at radius 3 is 2.81 bits per heavy atom. The third kappa shape index (κ3) is 4.76. The largest absolute Gasteiger partial charge is 0.388 e. The van der Waals surface area contributed by atoms with Gasteiger partial charge in [0.15, 0.2) is 0 Å². The Kier molecular flexibility index (Phi) is 6.10. The molecule has 16 heavy (non-hydrogen) atoms. The fourth-order valence-electron chi connectivity index (χ4n) is 1.13. The molecule has 1 heterocycles. The van der Waals surface area contributed by atoms with Crippen LogP contribution in [0.1, 0.15) is 18.5 Å². The predicted octanol–water partition coefficient (Wildman–Crippen LogP) is 1.67. The molecule has 0 saturated carbocycles. The lowest BCUT2D eigenvalue weighted by Crippen LogP contribution is -2.12. The molecule has 0 fully saturated rings. The number of nitrogens with two attached hydrogens (primary N) is 1. The van der Waals surface area contributed by atoms with E-state index in [0.717, 1.165) is 18.8 Å². The summed E-state index contributed by atoms with van der Waals surface area (Å²) in [7, 11) is 0. The maximum Gasteiger partial charge on any atom is 0.144 e. The van der Waals surface area contributed by atoms with Crippen LogP contribution in [0.15, 0.2) is 12.4 Å². The van der Waals surface area contributed by atoms with Gasteiger partial charge in [-0.05, 0) is 24.9 Å². The molecule has 1 aromatic rings. The number of hydrogen-bond donors (Lipinski definition) is 2. The third-order valence-electron chi connectivity index (χ3n) is 1.99. The molecule has 6 heteroatoms. The van der Waals surface area contributed by atoms with Gasteiger partial charge in [-0.1, -0.05) is 12.2 Å². The summed E-state index contributed by atoms with van der Waals surface area (Å²) in [6.45, 7) is 0.918. The highest BCUT2D eigenvalue weighted by Crippen LogP contribution is 2.03. The van der Waals surface area contributed by atoms with E-state index in [1.807, 2.05) is 11.8 Å². The smallest absolute Gasteiger partial charge is 0.144 e. The van der Waals surface area contributed by atoms with Gasteiger partial charge in [0, 0.05) is 6.54 Å². The van der Waals surface area contributed by atoms with E-state index in [1.54, 1.807) is 12.4 Å². The van der Waals surface area contributed by atoms with Crippen molar-refractivity contribution >= 4 is 34.8 Å². The minimum Gasteiger partial charge on any atom is -0.388 e. The van der Waals surface area contributed by atoms with Crippen molar-refractivity contribution in [3.63, 3.8) is 0 Å². The number of rotatable bonds is 7. The zero-order valence-corrected chi connectivity index (χ0v) is 10.9. The van der Waals surface area contributed by atoms with E-state index < -0.39 is 0 Å². The van der Waals surface area contributed by atoms with Gasteiger partial charge in [0.1, 0.15) is 16.5 Å². The molecule has 0 radical (unpaired) electrons. The van der Waals surface area contributed by atoms with Gasteiger partial charge in [-0.25, -0.2) is 9.97 Å². The first-order chi connectivity index (χ1) is 7.74. The molecular formula is C10H16N4S2. The van der Waals surface area contributed by atoms with Crippen molar-refractivity contribution in [1.29, 1.82) is 0 Å². The van der Waals surface area contributed by atoms with Crippen LogP contribution in [0.4, 0.5) is 5.82 Å². The van der Waals surface area contributed by atoms with E-state index in [9.17, 15) is 0 Å². The summed E-state index contributed by atoms with van der Waals surface area (Å²) in [5.41, 5.74) is 5.98. The Labute approximate surface area is 105 Å². The van der Waals surface area contributed by atoms with Crippen molar-refractivity contribution < 1.29 is 0 Å². The normalized spacial score (nSPS) is 10.1. The highest BCUT2D eigenvalue weighted by atomic mass is 32.2. The molecule has 0 saturated heterocycles. The number of thioether (sulfide) groups is 1. The monoisotopic (exact) mass is 256 g/mol. The number of nitrogens with one attached hydrogen (secondary N) is 1. The van der Waals surface area contributed by atoms with E-state index in [2.05, 4.69) is 21.5 Å². The van der Waals surface area contributed by atoms with Crippen molar-refractivity contribution in [2.75, 3.05) is 23.9 Å². The third-order valence-corrected chi connectivity index (χ3v) is 2.89. The average molecular weight is 256 g/mol. The zero-order chi connectivity index (χ0) is 11.8. The van der Waals surface area contributed by atoms with Crippen molar-refractivity contribution in [1.82, 2.24) is 9.97 Å². The van der Waals surface area contributed by atoms with Crippen LogP contribution >= 0.6 is 24.0 Å². The molecule has 0 aliphatic rings. The van der Waals surface area contributed by atoms with Crippen molar-refractivity contribution in [3.05, 3.63) is 18.1 Å². The maximum absolute atomic E-state index is 5.43. The molecule has 0 atom stereocenters. The Bertz CT molecular complexity index is 326. The summed E-state index contributed by atoms with van der Waals surface area (Å²) < 4.78 is 0. The van der Waals surface area contributed by atoms with Crippen LogP contribution in [0.3, 0.4) is 0 Å². The highest BCUT2D eigenvalue weighted by Gasteiger charge is 1.98. The molecule has 4 nitrogen and oxygen atoms in total. The molecule has 0 aromatic carbocycles. The molecule has 0 spiro atoms. The zero-order valence-electron chi connectivity index (χ0n) is 9.27. The fourth-order valence-corrected chi connectivity index (χ4v) is 1.73. The molecule has 0 amide bonds. The summed E-state index contributed by atoms with van der Waals surface area (Å²) in [4.78, 5) is 8.55. The van der Waals surface area contributed by atoms with Crippen LogP contribution in [0.2, 0.25) is 0 Å². The van der Waals surface area contributed by atoms with E-state index in [1.165, 1.54) is 12.2 Å². The summed E-state index contributed by atoms with van der Waals surface area (Å²) >= 11 is 6.66. The standard InChI is InChI=1S/C10H16N4S2/c1-16-5-3-2-4-12-9-7-13-8(6-14-9)10(11)15/h6-7H,2-5H2,1H3,(H2,11,15)(H,12,14). The Hall–Kier alpha value is -0.880. The number of hydrogen-bond acceptors (Lipinski definition) is 5. The van der Waals surface area contributed by atoms with Gasteiger partial charge >= 0.3 is 0 Å². The van der Waals surface area contributed by atoms with Gasteiger partial charge in [-0.15, -0.1) is 0 Å². The number of nitrogens with zero attached hydrogens (tertiary/aromatic N) is 2. The second-order valence-electron chi connectivity index (χ2n) is 3.28. The van der Waals surface area contributed by atoms with E-state index in [-0.39, 0.29) is 4.99 Å². The second kappa shape index (κ2) is 7.40. The molecule has 0 aliphatic carbocycles. The van der Waals surface area contributed by atoms with Crippen molar-refractivity contribution in [3.8, 4) is 0 Å². The van der Waals surface area contributed by atoms with E-state index in [0.29, 0.717) is 5.69 Å². The molecule has 1 aromatic heterocycles. The Balaban J connectivity index is 2.29. The van der Waals surface area contributed by atoms with Crippen LogP contribution < -0.4 is 11.1 Å². The summed E-state index contributed by atoms with van der Waals surface area (Å²) in [6.07, 6.45) is 7.72. The number of anilines is 1. The summed E-state index contributed by atoms with van der Waals surface area (Å²) in [5, 5.41) is 3.20. The predicted molar refractivity (Wildman–Crippen MR) is 74.0 cm³/mol. The molecule has 0 unspecified atom stereocenters. The van der Waals surface area contributed by atoms with Gasteiger partial charge in [0.2, 0.25) is 0 Å². The lowest BCUT2D eigenvalue weighted by atomic mass is 10.3. The second-order valence-corrected chi connectivity index (χ2v) is 4.70. The fraction of sp³-hybridized carbons (Fsp3) is 0.500. The number of unbranched alkanes of at least 4 members (excludes halogenated alkanes) is 1. The van der Waals surface area contributed by atoms with Crippen LogP contribution in [-0.2, 0) is 0 Å². The molecule has 1 rings (SSSR count).